The molecule has 3 N–H and O–H groups in total. The molecule has 0 bridgehead atoms. The van der Waals surface area contributed by atoms with Gasteiger partial charge in [0, 0.05) is 18.7 Å². The van der Waals surface area contributed by atoms with Gasteiger partial charge in [-0.3, -0.25) is 9.36 Å². The number of nitrogens with zero attached hydrogens (tertiary/aromatic N) is 5. The first-order valence-corrected chi connectivity index (χ1v) is 13.4. The largest absolute Gasteiger partial charge is 0.382 e. The lowest BCUT2D eigenvalue weighted by Crippen LogP contribution is -2.39. The summed E-state index contributed by atoms with van der Waals surface area (Å²) in [5.74, 6) is -0.409. The van der Waals surface area contributed by atoms with Gasteiger partial charge in [-0.1, -0.05) is 32.9 Å². The fourth-order valence-corrected chi connectivity index (χ4v) is 5.27. The molecule has 11 heteroatoms. The smallest absolute Gasteiger partial charge is 0.224 e. The van der Waals surface area contributed by atoms with E-state index in [0.29, 0.717) is 29.9 Å². The monoisotopic (exact) mass is 537 g/mol. The first-order chi connectivity index (χ1) is 18.4. The van der Waals surface area contributed by atoms with Crippen LogP contribution < -0.4 is 11.1 Å². The van der Waals surface area contributed by atoms with E-state index in [4.69, 9.17) is 19.9 Å². The topological polar surface area (TPSA) is 130 Å². The van der Waals surface area contributed by atoms with Crippen molar-refractivity contribution in [1.82, 2.24) is 24.4 Å². The minimum Gasteiger partial charge on any atom is -0.382 e. The van der Waals surface area contributed by atoms with Gasteiger partial charge in [0.1, 0.15) is 30.2 Å². The highest BCUT2D eigenvalue weighted by Gasteiger charge is 2.56. The van der Waals surface area contributed by atoms with E-state index in [1.165, 1.54) is 11.9 Å². The number of ether oxygens (including phenoxy) is 3. The third-order valence-electron chi connectivity index (χ3n) is 7.26. The number of hydrogen-bond donors (Lipinski definition) is 2. The SMILES string of the molecule is CN(CCCC(=O)Nc1ccc(C(C)(C)C)cc1)C[C@H]1O[C@@H](n2cnc3c(N)ncnc32)[C@@H]2OC(C)(C)O[C@@H]21. The number of amides is 1. The number of carbonyl (C=O) groups excluding carboxylic acids is 1. The number of nitrogens with one attached hydrogen (secondary N) is 1. The van der Waals surface area contributed by atoms with Gasteiger partial charge in [0.25, 0.3) is 0 Å². The molecule has 11 nitrogen and oxygen atoms in total. The van der Waals surface area contributed by atoms with Crippen molar-refractivity contribution >= 4 is 28.6 Å². The fourth-order valence-electron chi connectivity index (χ4n) is 5.27. The summed E-state index contributed by atoms with van der Waals surface area (Å²) < 4.78 is 20.8. The lowest BCUT2D eigenvalue weighted by Gasteiger charge is -2.27. The Hall–Kier alpha value is -3.12. The quantitative estimate of drug-likeness (QED) is 0.444. The molecule has 2 saturated heterocycles. The Labute approximate surface area is 229 Å². The van der Waals surface area contributed by atoms with Gasteiger partial charge in [0.05, 0.1) is 6.33 Å². The van der Waals surface area contributed by atoms with Crippen molar-refractivity contribution in [2.75, 3.05) is 31.2 Å². The highest BCUT2D eigenvalue weighted by Crippen LogP contribution is 2.44. The van der Waals surface area contributed by atoms with Gasteiger partial charge < -0.3 is 30.2 Å². The van der Waals surface area contributed by atoms with Crippen LogP contribution in [0.25, 0.3) is 11.2 Å². The van der Waals surface area contributed by atoms with Gasteiger partial charge in [0.15, 0.2) is 23.5 Å². The molecule has 5 rings (SSSR count). The zero-order valence-electron chi connectivity index (χ0n) is 23.5. The van der Waals surface area contributed by atoms with Crippen LogP contribution in [0.3, 0.4) is 0 Å². The Morgan fingerprint density at radius 1 is 1.13 bits per heavy atom. The summed E-state index contributed by atoms with van der Waals surface area (Å²) in [6.45, 7) is 11.7. The van der Waals surface area contributed by atoms with Crippen LogP contribution in [0.2, 0.25) is 0 Å². The molecule has 1 aromatic carbocycles. The number of hydrogen-bond acceptors (Lipinski definition) is 9. The van der Waals surface area contributed by atoms with E-state index in [1.807, 2.05) is 37.6 Å². The highest BCUT2D eigenvalue weighted by atomic mass is 16.8. The molecular formula is C28H39N7O4. The molecule has 0 unspecified atom stereocenters. The standard InChI is InChI=1S/C28H39N7O4/c1-27(2,3)17-9-11-18(12-10-17)33-20(36)8-7-13-34(6)14-19-22-23(39-28(4,5)38-22)26(37-19)35-16-32-21-24(29)30-15-31-25(21)35/h9-12,15-16,19,22-23,26H,7-8,13-14H2,1-6H3,(H,33,36)(H2,29,30,31)/t19-,22-,23-,26-/m1/s1. The summed E-state index contributed by atoms with van der Waals surface area (Å²) >= 11 is 0. The van der Waals surface area contributed by atoms with Crippen molar-refractivity contribution in [3.05, 3.63) is 42.5 Å². The van der Waals surface area contributed by atoms with Crippen LogP contribution in [-0.2, 0) is 24.4 Å². The Morgan fingerprint density at radius 3 is 2.56 bits per heavy atom. The number of aromatic nitrogens is 4. The van der Waals surface area contributed by atoms with Crippen LogP contribution in [0.5, 0.6) is 0 Å². The molecule has 2 aliphatic rings. The molecule has 2 aromatic heterocycles. The Morgan fingerprint density at radius 2 is 1.85 bits per heavy atom. The predicted octanol–water partition coefficient (Wildman–Crippen LogP) is 3.47. The second kappa shape index (κ2) is 10.5. The van der Waals surface area contributed by atoms with E-state index in [9.17, 15) is 4.79 Å². The molecule has 0 spiro atoms. The molecule has 0 saturated carbocycles. The number of imidazole rings is 1. The number of fused-ring (bicyclic) bond motifs is 2. The summed E-state index contributed by atoms with van der Waals surface area (Å²) in [7, 11) is 2.02. The molecule has 2 aliphatic heterocycles. The van der Waals surface area contributed by atoms with Crippen LogP contribution in [0.4, 0.5) is 11.5 Å². The molecule has 4 heterocycles. The van der Waals surface area contributed by atoms with Gasteiger partial charge in [-0.05, 0) is 57.0 Å². The van der Waals surface area contributed by atoms with Crippen LogP contribution in [0.15, 0.2) is 36.9 Å². The Bertz CT molecular complexity index is 1320. The molecule has 4 atom stereocenters. The van der Waals surface area contributed by atoms with Crippen molar-refractivity contribution in [3.63, 3.8) is 0 Å². The van der Waals surface area contributed by atoms with Gasteiger partial charge in [-0.25, -0.2) is 15.0 Å². The zero-order chi connectivity index (χ0) is 27.9. The summed E-state index contributed by atoms with van der Waals surface area (Å²) in [6, 6.07) is 8.06. The van der Waals surface area contributed by atoms with E-state index in [-0.39, 0.29) is 29.6 Å². The maximum absolute atomic E-state index is 12.5. The second-order valence-electron chi connectivity index (χ2n) is 12.0. The third-order valence-corrected chi connectivity index (χ3v) is 7.26. The number of carbonyl (C=O) groups is 1. The van der Waals surface area contributed by atoms with E-state index >= 15 is 0 Å². The predicted molar refractivity (Wildman–Crippen MR) is 148 cm³/mol. The van der Waals surface area contributed by atoms with E-state index in [1.54, 1.807) is 6.33 Å². The minimum atomic E-state index is -0.734. The fraction of sp³-hybridized carbons (Fsp3) is 0.571. The molecule has 3 aromatic rings. The van der Waals surface area contributed by atoms with Crippen molar-refractivity contribution in [2.24, 2.45) is 0 Å². The normalized spacial score (nSPS) is 24.4. The number of likely N-dealkylation sites (N-methyl/N-ethyl adjacent to an activating group) is 1. The van der Waals surface area contributed by atoms with Gasteiger partial charge in [0.2, 0.25) is 5.91 Å². The molecular weight excluding hydrogens is 498 g/mol. The highest BCUT2D eigenvalue weighted by molar-refractivity contribution is 5.90. The first kappa shape index (κ1) is 27.4. The van der Waals surface area contributed by atoms with Crippen LogP contribution in [-0.4, -0.2) is 74.6 Å². The summed E-state index contributed by atoms with van der Waals surface area (Å²) in [4.78, 5) is 27.5. The lowest BCUT2D eigenvalue weighted by molar-refractivity contribution is -0.197. The number of anilines is 2. The lowest BCUT2D eigenvalue weighted by atomic mass is 9.87. The Balaban J connectivity index is 1.16. The average Bonchev–Trinajstić information content (AvgIpc) is 3.51. The molecule has 2 fully saturated rings. The van der Waals surface area contributed by atoms with Gasteiger partial charge in [-0.15, -0.1) is 0 Å². The third kappa shape index (κ3) is 5.91. The van der Waals surface area contributed by atoms with Crippen molar-refractivity contribution in [3.8, 4) is 0 Å². The average molecular weight is 538 g/mol. The van der Waals surface area contributed by atoms with E-state index in [2.05, 4.69) is 58.1 Å². The molecule has 1 amide bonds. The number of benzene rings is 1. The van der Waals surface area contributed by atoms with Crippen molar-refractivity contribution in [2.45, 2.75) is 83.2 Å². The molecule has 0 aliphatic carbocycles. The number of rotatable bonds is 8. The number of nitrogens with two attached hydrogens (primary N) is 1. The van der Waals surface area contributed by atoms with Gasteiger partial charge in [-0.2, -0.15) is 0 Å². The minimum absolute atomic E-state index is 0.00618. The Kier molecular flexibility index (Phi) is 7.36. The van der Waals surface area contributed by atoms with Crippen molar-refractivity contribution in [1.29, 1.82) is 0 Å². The van der Waals surface area contributed by atoms with E-state index < -0.39 is 12.0 Å². The molecule has 0 radical (unpaired) electrons. The zero-order valence-corrected chi connectivity index (χ0v) is 23.5. The molecule has 39 heavy (non-hydrogen) atoms. The first-order valence-electron chi connectivity index (χ1n) is 13.4. The van der Waals surface area contributed by atoms with Gasteiger partial charge >= 0.3 is 0 Å². The summed E-state index contributed by atoms with van der Waals surface area (Å²) in [5, 5.41) is 3.00. The van der Waals surface area contributed by atoms with Crippen molar-refractivity contribution < 1.29 is 19.0 Å². The summed E-state index contributed by atoms with van der Waals surface area (Å²) in [6.07, 6.45) is 2.93. The van der Waals surface area contributed by atoms with Crippen LogP contribution in [0, 0.1) is 0 Å². The maximum Gasteiger partial charge on any atom is 0.224 e. The van der Waals surface area contributed by atoms with E-state index in [0.717, 1.165) is 18.7 Å². The maximum atomic E-state index is 12.5. The van der Waals surface area contributed by atoms with Crippen LogP contribution >= 0.6 is 0 Å². The summed E-state index contributed by atoms with van der Waals surface area (Å²) in [5.41, 5.74) is 9.24. The second-order valence-corrected chi connectivity index (χ2v) is 12.0. The number of nitrogen functional groups attached to an aromatic ring is 1. The van der Waals surface area contributed by atoms with Crippen LogP contribution in [0.1, 0.15) is 59.3 Å². The molecule has 210 valence electrons.